The number of amides is 1. The topological polar surface area (TPSA) is 81.4 Å². The summed E-state index contributed by atoms with van der Waals surface area (Å²) in [5.41, 5.74) is 5.14. The summed E-state index contributed by atoms with van der Waals surface area (Å²) in [5.74, 6) is -0.556. The van der Waals surface area contributed by atoms with Gasteiger partial charge in [-0.25, -0.2) is 0 Å². The Kier molecular flexibility index (Phi) is 7.62. The fraction of sp³-hybridized carbons (Fsp3) is 0.800. The van der Waals surface area contributed by atoms with Gasteiger partial charge in [0.05, 0.1) is 12.6 Å². The van der Waals surface area contributed by atoms with E-state index in [0.717, 1.165) is 0 Å². The largest absolute Gasteiger partial charge is 0.466 e. The molecule has 0 rings (SSSR count). The van der Waals surface area contributed by atoms with Crippen LogP contribution in [0.5, 0.6) is 0 Å². The van der Waals surface area contributed by atoms with Gasteiger partial charge in [-0.1, -0.05) is 6.92 Å². The summed E-state index contributed by atoms with van der Waals surface area (Å²) >= 11 is 0. The van der Waals surface area contributed by atoms with Crippen LogP contribution in [-0.2, 0) is 14.3 Å². The molecular formula is C10H20N2O3. The van der Waals surface area contributed by atoms with Gasteiger partial charge < -0.3 is 15.8 Å². The molecule has 5 heteroatoms. The molecule has 0 saturated heterocycles. The Morgan fingerprint density at radius 2 is 2.07 bits per heavy atom. The standard InChI is InChI=1S/C10H20N2O3/c1-3-8(10(11)14)12-7-5-6-9(13)15-4-2/h8,12H,3-7H2,1-2H3,(H2,11,14)/t8-/m1/s1. The number of carbonyl (C=O) groups excluding carboxylic acids is 2. The fourth-order valence-electron chi connectivity index (χ4n) is 1.19. The SMILES string of the molecule is CCOC(=O)CCCN[C@H](CC)C(N)=O. The Morgan fingerprint density at radius 1 is 1.40 bits per heavy atom. The molecule has 0 heterocycles. The lowest BCUT2D eigenvalue weighted by atomic mass is 10.2. The molecule has 0 bridgehead atoms. The van der Waals surface area contributed by atoms with Crippen LogP contribution in [0.3, 0.4) is 0 Å². The van der Waals surface area contributed by atoms with E-state index in [4.69, 9.17) is 10.5 Å². The highest BCUT2D eigenvalue weighted by atomic mass is 16.5. The highest BCUT2D eigenvalue weighted by Crippen LogP contribution is 1.94. The molecule has 1 atom stereocenters. The van der Waals surface area contributed by atoms with Crippen LogP contribution in [0.1, 0.15) is 33.1 Å². The van der Waals surface area contributed by atoms with Crippen LogP contribution in [-0.4, -0.2) is 31.1 Å². The second-order valence-corrected chi connectivity index (χ2v) is 3.23. The molecule has 0 aromatic carbocycles. The highest BCUT2D eigenvalue weighted by Gasteiger charge is 2.11. The summed E-state index contributed by atoms with van der Waals surface area (Å²) in [6.07, 6.45) is 1.69. The Hall–Kier alpha value is -1.10. The van der Waals surface area contributed by atoms with Crippen molar-refractivity contribution in [3.8, 4) is 0 Å². The van der Waals surface area contributed by atoms with Crippen molar-refractivity contribution in [2.75, 3.05) is 13.2 Å². The molecule has 0 unspecified atom stereocenters. The van der Waals surface area contributed by atoms with Crippen molar-refractivity contribution in [2.45, 2.75) is 39.2 Å². The van der Waals surface area contributed by atoms with Gasteiger partial charge in [-0.3, -0.25) is 9.59 Å². The highest BCUT2D eigenvalue weighted by molar-refractivity contribution is 5.79. The summed E-state index contributed by atoms with van der Waals surface area (Å²) in [7, 11) is 0. The minimum atomic E-state index is -0.353. The quantitative estimate of drug-likeness (QED) is 0.448. The molecule has 0 aliphatic carbocycles. The smallest absolute Gasteiger partial charge is 0.305 e. The van der Waals surface area contributed by atoms with Gasteiger partial charge >= 0.3 is 5.97 Å². The molecule has 15 heavy (non-hydrogen) atoms. The van der Waals surface area contributed by atoms with Gasteiger partial charge in [-0.2, -0.15) is 0 Å². The van der Waals surface area contributed by atoms with Gasteiger partial charge in [-0.15, -0.1) is 0 Å². The second kappa shape index (κ2) is 8.23. The third kappa shape index (κ3) is 6.90. The molecule has 1 amide bonds. The first-order valence-electron chi connectivity index (χ1n) is 5.30. The molecule has 5 nitrogen and oxygen atoms in total. The van der Waals surface area contributed by atoms with E-state index in [1.54, 1.807) is 6.92 Å². The molecule has 0 saturated carbocycles. The number of carbonyl (C=O) groups is 2. The van der Waals surface area contributed by atoms with Crippen LogP contribution in [0, 0.1) is 0 Å². The van der Waals surface area contributed by atoms with Gasteiger partial charge in [0.2, 0.25) is 5.91 Å². The number of hydrogen-bond donors (Lipinski definition) is 2. The van der Waals surface area contributed by atoms with E-state index >= 15 is 0 Å². The lowest BCUT2D eigenvalue weighted by molar-refractivity contribution is -0.143. The molecule has 0 aliphatic rings. The lowest BCUT2D eigenvalue weighted by Crippen LogP contribution is -2.41. The Balaban J connectivity index is 3.52. The van der Waals surface area contributed by atoms with Gasteiger partial charge in [0, 0.05) is 6.42 Å². The van der Waals surface area contributed by atoms with Gasteiger partial charge in [0.25, 0.3) is 0 Å². The predicted molar refractivity (Wildman–Crippen MR) is 57.1 cm³/mol. The summed E-state index contributed by atoms with van der Waals surface area (Å²) in [4.78, 5) is 21.8. The molecule has 0 aromatic heterocycles. The van der Waals surface area contributed by atoms with E-state index < -0.39 is 0 Å². The van der Waals surface area contributed by atoms with Crippen LogP contribution in [0.25, 0.3) is 0 Å². The zero-order valence-corrected chi connectivity index (χ0v) is 9.41. The zero-order valence-electron chi connectivity index (χ0n) is 9.41. The van der Waals surface area contributed by atoms with Crippen molar-refractivity contribution in [3.63, 3.8) is 0 Å². The molecule has 0 spiro atoms. The van der Waals surface area contributed by atoms with Crippen LogP contribution in [0.2, 0.25) is 0 Å². The number of nitrogens with one attached hydrogen (secondary N) is 1. The molecule has 0 fully saturated rings. The normalized spacial score (nSPS) is 12.1. The summed E-state index contributed by atoms with van der Waals surface area (Å²) in [6.45, 7) is 4.66. The second-order valence-electron chi connectivity index (χ2n) is 3.23. The van der Waals surface area contributed by atoms with Crippen molar-refractivity contribution in [2.24, 2.45) is 5.73 Å². The maximum atomic E-state index is 10.9. The van der Waals surface area contributed by atoms with Crippen molar-refractivity contribution in [1.29, 1.82) is 0 Å². The van der Waals surface area contributed by atoms with E-state index in [1.165, 1.54) is 0 Å². The molecule has 88 valence electrons. The maximum Gasteiger partial charge on any atom is 0.305 e. The third-order valence-electron chi connectivity index (χ3n) is 2.01. The summed E-state index contributed by atoms with van der Waals surface area (Å²) in [5, 5.41) is 2.98. The van der Waals surface area contributed by atoms with Crippen LogP contribution >= 0.6 is 0 Å². The van der Waals surface area contributed by atoms with E-state index in [1.807, 2.05) is 6.92 Å². The number of ether oxygens (including phenoxy) is 1. The van der Waals surface area contributed by atoms with E-state index in [2.05, 4.69) is 5.32 Å². The third-order valence-corrected chi connectivity index (χ3v) is 2.01. The average molecular weight is 216 g/mol. The lowest BCUT2D eigenvalue weighted by Gasteiger charge is -2.12. The Labute approximate surface area is 90.4 Å². The predicted octanol–water partition coefficient (Wildman–Crippen LogP) is 0.183. The van der Waals surface area contributed by atoms with Crippen molar-refractivity contribution < 1.29 is 14.3 Å². The monoisotopic (exact) mass is 216 g/mol. The Morgan fingerprint density at radius 3 is 2.53 bits per heavy atom. The first-order valence-corrected chi connectivity index (χ1v) is 5.30. The number of rotatable bonds is 8. The van der Waals surface area contributed by atoms with Gasteiger partial charge in [0.1, 0.15) is 0 Å². The average Bonchev–Trinajstić information content (AvgIpc) is 2.17. The summed E-state index contributed by atoms with van der Waals surface area (Å²) in [6, 6.07) is -0.299. The van der Waals surface area contributed by atoms with E-state index in [9.17, 15) is 9.59 Å². The van der Waals surface area contributed by atoms with Crippen molar-refractivity contribution >= 4 is 11.9 Å². The molecule has 3 N–H and O–H groups in total. The first-order chi connectivity index (χ1) is 7.11. The molecule has 0 aromatic rings. The van der Waals surface area contributed by atoms with Crippen molar-refractivity contribution in [3.05, 3.63) is 0 Å². The molecule has 0 aliphatic heterocycles. The van der Waals surface area contributed by atoms with Crippen LogP contribution in [0.4, 0.5) is 0 Å². The number of hydrogen-bond acceptors (Lipinski definition) is 4. The molecule has 0 radical (unpaired) electrons. The van der Waals surface area contributed by atoms with Gasteiger partial charge in [0.15, 0.2) is 0 Å². The van der Waals surface area contributed by atoms with Crippen LogP contribution in [0.15, 0.2) is 0 Å². The van der Waals surface area contributed by atoms with Gasteiger partial charge in [-0.05, 0) is 26.3 Å². The fourth-order valence-corrected chi connectivity index (χ4v) is 1.19. The number of nitrogens with two attached hydrogens (primary N) is 1. The zero-order chi connectivity index (χ0) is 11.7. The van der Waals surface area contributed by atoms with Crippen LogP contribution < -0.4 is 11.1 Å². The minimum Gasteiger partial charge on any atom is -0.466 e. The number of primary amides is 1. The first kappa shape index (κ1) is 13.9. The summed E-state index contributed by atoms with van der Waals surface area (Å²) < 4.78 is 4.76. The van der Waals surface area contributed by atoms with E-state index in [0.29, 0.717) is 32.4 Å². The van der Waals surface area contributed by atoms with E-state index in [-0.39, 0.29) is 17.9 Å². The number of esters is 1. The van der Waals surface area contributed by atoms with Crippen molar-refractivity contribution in [1.82, 2.24) is 5.32 Å². The maximum absolute atomic E-state index is 10.9. The molecular weight excluding hydrogens is 196 g/mol. The Bertz CT molecular complexity index is 207. The minimum absolute atomic E-state index is 0.202.